The third kappa shape index (κ3) is 3.47. The number of carbonyl (C=O) groups excluding carboxylic acids is 1. The number of H-pyrrole nitrogens is 1. The van der Waals surface area contributed by atoms with Crippen LogP contribution in [-0.2, 0) is 16.1 Å². The zero-order valence-corrected chi connectivity index (χ0v) is 13.8. The lowest BCUT2D eigenvalue weighted by Gasteiger charge is -2.24. The van der Waals surface area contributed by atoms with Crippen molar-refractivity contribution in [2.75, 3.05) is 30.9 Å². The van der Waals surface area contributed by atoms with E-state index in [0.717, 1.165) is 6.42 Å². The van der Waals surface area contributed by atoms with Crippen molar-refractivity contribution in [3.05, 3.63) is 20.8 Å². The number of nitrogens with two attached hydrogens (primary N) is 1. The van der Waals surface area contributed by atoms with E-state index in [1.54, 1.807) is 0 Å². The highest BCUT2D eigenvalue weighted by atomic mass is 16.5. The molecule has 1 aliphatic rings. The summed E-state index contributed by atoms with van der Waals surface area (Å²) >= 11 is 0. The zero-order valence-electron chi connectivity index (χ0n) is 13.8. The number of nitrogens with zero attached hydrogens (tertiary/aromatic N) is 2. The van der Waals surface area contributed by atoms with Gasteiger partial charge in [0, 0.05) is 26.1 Å². The largest absolute Gasteiger partial charge is 0.383 e. The maximum Gasteiger partial charge on any atom is 0.330 e. The molecule has 0 bridgehead atoms. The molecule has 2 atom stereocenters. The minimum atomic E-state index is -0.641. The van der Waals surface area contributed by atoms with E-state index in [9.17, 15) is 14.4 Å². The fourth-order valence-electron chi connectivity index (χ4n) is 2.66. The molecule has 2 unspecified atom stereocenters. The number of aromatic amines is 1. The number of nitrogen functional groups attached to an aromatic ring is 1. The molecule has 0 aromatic carbocycles. The first-order valence-electron chi connectivity index (χ1n) is 7.85. The van der Waals surface area contributed by atoms with Crippen LogP contribution in [-0.4, -0.2) is 35.7 Å². The molecule has 0 saturated heterocycles. The third-order valence-corrected chi connectivity index (χ3v) is 4.14. The first-order valence-corrected chi connectivity index (χ1v) is 7.85. The Labute approximate surface area is 134 Å². The molecular weight excluding hydrogens is 300 g/mol. The van der Waals surface area contributed by atoms with Crippen LogP contribution in [0.3, 0.4) is 0 Å². The summed E-state index contributed by atoms with van der Waals surface area (Å²) in [5.74, 6) is 0.0819. The summed E-state index contributed by atoms with van der Waals surface area (Å²) in [5.41, 5.74) is 4.89. The van der Waals surface area contributed by atoms with Crippen molar-refractivity contribution in [3.8, 4) is 0 Å². The highest BCUT2D eigenvalue weighted by molar-refractivity contribution is 5.98. The number of rotatable bonds is 7. The lowest BCUT2D eigenvalue weighted by Crippen LogP contribution is -2.43. The smallest absolute Gasteiger partial charge is 0.330 e. The monoisotopic (exact) mass is 324 g/mol. The van der Waals surface area contributed by atoms with E-state index in [2.05, 4.69) is 4.98 Å². The molecule has 0 radical (unpaired) electrons. The number of methoxy groups -OCH3 is 1. The van der Waals surface area contributed by atoms with Crippen LogP contribution < -0.4 is 21.9 Å². The molecular formula is C15H24N4O4. The lowest BCUT2D eigenvalue weighted by molar-refractivity contribution is -0.120. The van der Waals surface area contributed by atoms with Gasteiger partial charge in [-0.15, -0.1) is 0 Å². The number of aromatic nitrogens is 2. The molecule has 3 N–H and O–H groups in total. The number of nitrogens with one attached hydrogen (secondary N) is 1. The summed E-state index contributed by atoms with van der Waals surface area (Å²) in [6.45, 7) is 4.76. The number of hydrogen-bond donors (Lipinski definition) is 2. The van der Waals surface area contributed by atoms with E-state index < -0.39 is 11.2 Å². The van der Waals surface area contributed by atoms with Gasteiger partial charge in [-0.3, -0.25) is 19.1 Å². The second-order valence-corrected chi connectivity index (χ2v) is 5.95. The number of amides is 1. The van der Waals surface area contributed by atoms with Crippen molar-refractivity contribution in [3.63, 3.8) is 0 Å². The van der Waals surface area contributed by atoms with Gasteiger partial charge in [0.25, 0.3) is 5.56 Å². The van der Waals surface area contributed by atoms with Crippen LogP contribution in [0.4, 0.5) is 11.5 Å². The predicted octanol–water partition coefficient (Wildman–Crippen LogP) is 0.164. The first kappa shape index (κ1) is 17.3. The molecule has 1 amide bonds. The van der Waals surface area contributed by atoms with Gasteiger partial charge in [0.1, 0.15) is 5.82 Å². The summed E-state index contributed by atoms with van der Waals surface area (Å²) in [5, 5.41) is 0. The number of ether oxygens (including phenoxy) is 1. The second-order valence-electron chi connectivity index (χ2n) is 5.95. The standard InChI is InChI=1S/C15H24N4O4/c1-4-5-19-12(16)11(13(20)17-15(19)22)18(6-7-23-3)14(21)10-8-9(10)2/h9-10H,4-8,16H2,1-3H3,(H,17,20,22). The van der Waals surface area contributed by atoms with Crippen LogP contribution in [0.15, 0.2) is 9.59 Å². The fourth-order valence-corrected chi connectivity index (χ4v) is 2.66. The maximum atomic E-state index is 12.7. The lowest BCUT2D eigenvalue weighted by atomic mass is 10.2. The summed E-state index contributed by atoms with van der Waals surface area (Å²) in [6.07, 6.45) is 1.48. The van der Waals surface area contributed by atoms with Crippen LogP contribution in [0.5, 0.6) is 0 Å². The summed E-state index contributed by atoms with van der Waals surface area (Å²) in [7, 11) is 1.52. The van der Waals surface area contributed by atoms with Gasteiger partial charge in [-0.1, -0.05) is 13.8 Å². The van der Waals surface area contributed by atoms with E-state index in [-0.39, 0.29) is 36.5 Å². The Kier molecular flexibility index (Phi) is 5.25. The van der Waals surface area contributed by atoms with Crippen molar-refractivity contribution in [2.24, 2.45) is 11.8 Å². The Morgan fingerprint density at radius 1 is 1.48 bits per heavy atom. The maximum absolute atomic E-state index is 12.7. The third-order valence-electron chi connectivity index (χ3n) is 4.14. The van der Waals surface area contributed by atoms with Crippen molar-refractivity contribution < 1.29 is 9.53 Å². The molecule has 0 spiro atoms. The van der Waals surface area contributed by atoms with Gasteiger partial charge in [-0.05, 0) is 18.8 Å². The molecule has 1 aliphatic carbocycles. The zero-order chi connectivity index (χ0) is 17.1. The van der Waals surface area contributed by atoms with E-state index in [1.807, 2.05) is 13.8 Å². The summed E-state index contributed by atoms with van der Waals surface area (Å²) in [4.78, 5) is 40.4. The normalized spacial score (nSPS) is 19.6. The topological polar surface area (TPSA) is 110 Å². The van der Waals surface area contributed by atoms with Gasteiger partial charge in [-0.2, -0.15) is 0 Å². The predicted molar refractivity (Wildman–Crippen MR) is 87.5 cm³/mol. The quantitative estimate of drug-likeness (QED) is 0.742. The van der Waals surface area contributed by atoms with Crippen molar-refractivity contribution in [2.45, 2.75) is 33.2 Å². The molecule has 1 heterocycles. The van der Waals surface area contributed by atoms with Gasteiger partial charge in [0.05, 0.1) is 6.61 Å². The molecule has 2 rings (SSSR count). The molecule has 8 nitrogen and oxygen atoms in total. The van der Waals surface area contributed by atoms with Crippen molar-refractivity contribution >= 4 is 17.4 Å². The number of carbonyl (C=O) groups is 1. The Hall–Kier alpha value is -2.09. The van der Waals surface area contributed by atoms with Crippen LogP contribution in [0.2, 0.25) is 0 Å². The fraction of sp³-hybridized carbons (Fsp3) is 0.667. The molecule has 1 fully saturated rings. The molecule has 23 heavy (non-hydrogen) atoms. The first-order chi connectivity index (χ1) is 10.9. The van der Waals surface area contributed by atoms with Crippen molar-refractivity contribution in [1.29, 1.82) is 0 Å². The Morgan fingerprint density at radius 2 is 2.13 bits per heavy atom. The Morgan fingerprint density at radius 3 is 2.65 bits per heavy atom. The average molecular weight is 324 g/mol. The van der Waals surface area contributed by atoms with Crippen LogP contribution in [0.1, 0.15) is 26.7 Å². The van der Waals surface area contributed by atoms with Crippen LogP contribution in [0.25, 0.3) is 0 Å². The number of hydrogen-bond acceptors (Lipinski definition) is 5. The van der Waals surface area contributed by atoms with E-state index in [4.69, 9.17) is 10.5 Å². The highest BCUT2D eigenvalue weighted by Gasteiger charge is 2.42. The molecule has 1 saturated carbocycles. The van der Waals surface area contributed by atoms with Gasteiger partial charge in [0.15, 0.2) is 5.69 Å². The van der Waals surface area contributed by atoms with Gasteiger partial charge < -0.3 is 15.4 Å². The van der Waals surface area contributed by atoms with Crippen LogP contribution in [0, 0.1) is 11.8 Å². The summed E-state index contributed by atoms with van der Waals surface area (Å²) < 4.78 is 6.33. The van der Waals surface area contributed by atoms with Gasteiger partial charge in [-0.25, -0.2) is 4.79 Å². The molecule has 0 aliphatic heterocycles. The average Bonchev–Trinajstić information content (AvgIpc) is 3.23. The van der Waals surface area contributed by atoms with Gasteiger partial charge >= 0.3 is 5.69 Å². The van der Waals surface area contributed by atoms with E-state index in [1.165, 1.54) is 16.6 Å². The molecule has 128 valence electrons. The van der Waals surface area contributed by atoms with E-state index >= 15 is 0 Å². The summed E-state index contributed by atoms with van der Waals surface area (Å²) in [6, 6.07) is 0. The number of anilines is 2. The minimum absolute atomic E-state index is 0.0263. The van der Waals surface area contributed by atoms with Crippen molar-refractivity contribution in [1.82, 2.24) is 9.55 Å². The SMILES string of the molecule is CCCn1c(N)c(N(CCOC)C(=O)C2CC2C)c(=O)[nH]c1=O. The molecule has 1 aromatic rings. The highest BCUT2D eigenvalue weighted by Crippen LogP contribution is 2.40. The van der Waals surface area contributed by atoms with Crippen LogP contribution >= 0.6 is 0 Å². The Balaban J connectivity index is 2.49. The molecule has 8 heteroatoms. The molecule has 1 aromatic heterocycles. The second kappa shape index (κ2) is 6.99. The van der Waals surface area contributed by atoms with E-state index in [0.29, 0.717) is 18.9 Å². The Bertz CT molecular complexity index is 694. The van der Waals surface area contributed by atoms with Gasteiger partial charge in [0.2, 0.25) is 5.91 Å². The minimum Gasteiger partial charge on any atom is -0.383 e.